The van der Waals surface area contributed by atoms with Crippen LogP contribution in [0.4, 0.5) is 4.79 Å². The smallest absolute Gasteiger partial charge is 0.407 e. The van der Waals surface area contributed by atoms with Crippen LogP contribution in [-0.2, 0) is 0 Å². The standard InChI is InChI=1S/C12H12INO3/c13-7-1-2-8-9-3-4-14(12(15)16)6-11(9)17-10(8)5-7/h1-2,5,9,11H,3-4,6H2,(H,15,16). The molecule has 0 radical (unpaired) electrons. The molecule has 1 N–H and O–H groups in total. The number of halogens is 1. The lowest BCUT2D eigenvalue weighted by atomic mass is 9.89. The third-order valence-corrected chi connectivity index (χ3v) is 4.15. The van der Waals surface area contributed by atoms with Gasteiger partial charge in [-0.05, 0) is 41.1 Å². The van der Waals surface area contributed by atoms with E-state index in [2.05, 4.69) is 34.7 Å². The molecule has 1 amide bonds. The summed E-state index contributed by atoms with van der Waals surface area (Å²) in [5.74, 6) is 1.29. The van der Waals surface area contributed by atoms with E-state index in [-0.39, 0.29) is 6.10 Å². The largest absolute Gasteiger partial charge is 0.488 e. The summed E-state index contributed by atoms with van der Waals surface area (Å²) >= 11 is 2.26. The molecular formula is C12H12INO3. The SMILES string of the molecule is O=C(O)N1CCC2c3ccc(I)cc3OC2C1. The van der Waals surface area contributed by atoms with Gasteiger partial charge in [0.15, 0.2) is 0 Å². The molecule has 2 aliphatic heterocycles. The van der Waals surface area contributed by atoms with E-state index in [1.807, 2.05) is 6.07 Å². The van der Waals surface area contributed by atoms with Crippen LogP contribution in [-0.4, -0.2) is 35.3 Å². The maximum Gasteiger partial charge on any atom is 0.407 e. The highest BCUT2D eigenvalue weighted by molar-refractivity contribution is 14.1. The highest BCUT2D eigenvalue weighted by Gasteiger charge is 2.39. The first-order valence-corrected chi connectivity index (χ1v) is 6.67. The predicted molar refractivity (Wildman–Crippen MR) is 70.5 cm³/mol. The number of piperidine rings is 1. The van der Waals surface area contributed by atoms with E-state index in [1.165, 1.54) is 10.5 Å². The van der Waals surface area contributed by atoms with Crippen LogP contribution in [0.3, 0.4) is 0 Å². The third kappa shape index (κ3) is 1.86. The molecule has 1 aromatic carbocycles. The third-order valence-electron chi connectivity index (χ3n) is 3.48. The lowest BCUT2D eigenvalue weighted by Gasteiger charge is -2.32. The number of likely N-dealkylation sites (tertiary alicyclic amines) is 1. The van der Waals surface area contributed by atoms with Gasteiger partial charge in [0.25, 0.3) is 0 Å². The molecular weight excluding hydrogens is 333 g/mol. The molecule has 2 atom stereocenters. The Hall–Kier alpha value is -0.980. The van der Waals surface area contributed by atoms with Crippen molar-refractivity contribution >= 4 is 28.7 Å². The van der Waals surface area contributed by atoms with Gasteiger partial charge in [-0.3, -0.25) is 0 Å². The lowest BCUT2D eigenvalue weighted by Crippen LogP contribution is -2.45. The molecule has 5 heteroatoms. The van der Waals surface area contributed by atoms with Crippen LogP contribution in [0.2, 0.25) is 0 Å². The fourth-order valence-corrected chi connectivity index (χ4v) is 3.11. The predicted octanol–water partition coefficient (Wildman–Crippen LogP) is 2.52. The van der Waals surface area contributed by atoms with Crippen molar-refractivity contribution in [2.24, 2.45) is 0 Å². The molecule has 90 valence electrons. The summed E-state index contributed by atoms with van der Waals surface area (Å²) in [5, 5.41) is 8.99. The number of hydrogen-bond donors (Lipinski definition) is 1. The van der Waals surface area contributed by atoms with Gasteiger partial charge in [0.1, 0.15) is 11.9 Å². The second-order valence-electron chi connectivity index (χ2n) is 4.46. The van der Waals surface area contributed by atoms with Gasteiger partial charge in [0.05, 0.1) is 6.54 Å². The molecule has 2 heterocycles. The molecule has 4 nitrogen and oxygen atoms in total. The summed E-state index contributed by atoms with van der Waals surface area (Å²) in [7, 11) is 0. The maximum absolute atomic E-state index is 10.9. The van der Waals surface area contributed by atoms with Crippen molar-refractivity contribution in [1.29, 1.82) is 0 Å². The van der Waals surface area contributed by atoms with Gasteiger partial charge in [-0.15, -0.1) is 0 Å². The van der Waals surface area contributed by atoms with Crippen LogP contribution >= 0.6 is 22.6 Å². The zero-order valence-electron chi connectivity index (χ0n) is 9.10. The molecule has 2 aliphatic rings. The van der Waals surface area contributed by atoms with Crippen molar-refractivity contribution in [3.63, 3.8) is 0 Å². The maximum atomic E-state index is 10.9. The number of benzene rings is 1. The number of hydrogen-bond acceptors (Lipinski definition) is 2. The van der Waals surface area contributed by atoms with E-state index in [4.69, 9.17) is 9.84 Å². The van der Waals surface area contributed by atoms with Crippen molar-refractivity contribution in [3.05, 3.63) is 27.3 Å². The summed E-state index contributed by atoms with van der Waals surface area (Å²) < 4.78 is 7.01. The fraction of sp³-hybridized carbons (Fsp3) is 0.417. The molecule has 17 heavy (non-hydrogen) atoms. The minimum atomic E-state index is -0.849. The molecule has 2 unspecified atom stereocenters. The fourth-order valence-electron chi connectivity index (χ4n) is 2.65. The zero-order valence-corrected chi connectivity index (χ0v) is 11.3. The summed E-state index contributed by atoms with van der Waals surface area (Å²) in [4.78, 5) is 12.4. The number of carbonyl (C=O) groups is 1. The topological polar surface area (TPSA) is 49.8 Å². The van der Waals surface area contributed by atoms with Crippen LogP contribution in [0, 0.1) is 3.57 Å². The summed E-state index contributed by atoms with van der Waals surface area (Å²) in [6, 6.07) is 6.21. The summed E-state index contributed by atoms with van der Waals surface area (Å²) in [5.41, 5.74) is 1.24. The minimum absolute atomic E-state index is 0.00644. The summed E-state index contributed by atoms with van der Waals surface area (Å²) in [6.45, 7) is 1.08. The van der Waals surface area contributed by atoms with E-state index in [0.29, 0.717) is 19.0 Å². The lowest BCUT2D eigenvalue weighted by molar-refractivity contribution is 0.0812. The Morgan fingerprint density at radius 1 is 1.53 bits per heavy atom. The first-order valence-electron chi connectivity index (χ1n) is 5.59. The molecule has 0 aromatic heterocycles. The van der Waals surface area contributed by atoms with Crippen LogP contribution in [0.25, 0.3) is 0 Å². The molecule has 0 bridgehead atoms. The number of rotatable bonds is 0. The van der Waals surface area contributed by atoms with Gasteiger partial charge in [-0.2, -0.15) is 0 Å². The number of amides is 1. The van der Waals surface area contributed by atoms with Crippen molar-refractivity contribution in [2.45, 2.75) is 18.4 Å². The Balaban J connectivity index is 1.86. The highest BCUT2D eigenvalue weighted by Crippen LogP contribution is 2.43. The number of carboxylic acid groups (broad SMARTS) is 1. The number of nitrogens with zero attached hydrogens (tertiary/aromatic N) is 1. The van der Waals surface area contributed by atoms with Crippen LogP contribution in [0.15, 0.2) is 18.2 Å². The normalized spacial score (nSPS) is 26.1. The Morgan fingerprint density at radius 3 is 3.12 bits per heavy atom. The van der Waals surface area contributed by atoms with Crippen LogP contribution < -0.4 is 4.74 Å². The molecule has 1 aromatic rings. The molecule has 3 rings (SSSR count). The quantitative estimate of drug-likeness (QED) is 0.735. The monoisotopic (exact) mass is 345 g/mol. The molecule has 0 saturated carbocycles. The summed E-state index contributed by atoms with van der Waals surface area (Å²) in [6.07, 6.45) is -0.00415. The second kappa shape index (κ2) is 4.04. The molecule has 1 fully saturated rings. The average Bonchev–Trinajstić information content (AvgIpc) is 2.64. The van der Waals surface area contributed by atoms with Gasteiger partial charge < -0.3 is 14.7 Å². The first kappa shape index (κ1) is 11.1. The van der Waals surface area contributed by atoms with Crippen molar-refractivity contribution < 1.29 is 14.6 Å². The molecule has 0 aliphatic carbocycles. The van der Waals surface area contributed by atoms with Crippen molar-refractivity contribution in [2.75, 3.05) is 13.1 Å². The van der Waals surface area contributed by atoms with Gasteiger partial charge >= 0.3 is 6.09 Å². The van der Waals surface area contributed by atoms with Gasteiger partial charge in [0.2, 0.25) is 0 Å². The number of fused-ring (bicyclic) bond motifs is 3. The van der Waals surface area contributed by atoms with Gasteiger partial charge in [-0.1, -0.05) is 6.07 Å². The van der Waals surface area contributed by atoms with E-state index >= 15 is 0 Å². The van der Waals surface area contributed by atoms with E-state index in [1.54, 1.807) is 0 Å². The Morgan fingerprint density at radius 2 is 2.35 bits per heavy atom. The minimum Gasteiger partial charge on any atom is -0.488 e. The average molecular weight is 345 g/mol. The Labute approximate surface area is 113 Å². The molecule has 0 spiro atoms. The van der Waals surface area contributed by atoms with E-state index in [0.717, 1.165) is 15.7 Å². The highest BCUT2D eigenvalue weighted by atomic mass is 127. The van der Waals surface area contributed by atoms with Gasteiger partial charge in [0, 0.05) is 21.6 Å². The molecule has 1 saturated heterocycles. The van der Waals surface area contributed by atoms with Crippen LogP contribution in [0.1, 0.15) is 17.9 Å². The second-order valence-corrected chi connectivity index (χ2v) is 5.71. The van der Waals surface area contributed by atoms with Crippen LogP contribution in [0.5, 0.6) is 5.75 Å². The van der Waals surface area contributed by atoms with E-state index in [9.17, 15) is 4.79 Å². The van der Waals surface area contributed by atoms with Crippen molar-refractivity contribution in [1.82, 2.24) is 4.90 Å². The zero-order chi connectivity index (χ0) is 12.0. The van der Waals surface area contributed by atoms with E-state index < -0.39 is 6.09 Å². The van der Waals surface area contributed by atoms with Gasteiger partial charge in [-0.25, -0.2) is 4.79 Å². The Bertz CT molecular complexity index is 477. The first-order chi connectivity index (χ1) is 8.15. The number of ether oxygens (including phenoxy) is 1. The van der Waals surface area contributed by atoms with Crippen molar-refractivity contribution in [3.8, 4) is 5.75 Å². The Kier molecular flexibility index (Phi) is 2.65.